The Morgan fingerprint density at radius 1 is 1.13 bits per heavy atom. The predicted molar refractivity (Wildman–Crippen MR) is 113 cm³/mol. The van der Waals surface area contributed by atoms with E-state index in [-0.39, 0.29) is 17.6 Å². The number of ketones is 1. The van der Waals surface area contributed by atoms with E-state index < -0.39 is 5.54 Å². The van der Waals surface area contributed by atoms with E-state index in [0.717, 1.165) is 16.8 Å². The molecule has 1 amide bonds. The molecular weight excluding hydrogens is 398 g/mol. The van der Waals surface area contributed by atoms with Gasteiger partial charge in [0, 0.05) is 48.9 Å². The van der Waals surface area contributed by atoms with Gasteiger partial charge in [0.05, 0.1) is 16.8 Å². The first-order valence-corrected chi connectivity index (χ1v) is 10.4. The highest BCUT2D eigenvalue weighted by Crippen LogP contribution is 2.50. The zero-order chi connectivity index (χ0) is 20.7. The predicted octanol–water partition coefficient (Wildman–Crippen LogP) is 3.86. The first kappa shape index (κ1) is 18.9. The standard InChI is InChI=1S/C24H20ClN3O2/c25-18-7-5-17(6-8-18)24-14-21-19(4-2-11-27-21)23(30)28(24)12-9-20(24)22(29)13-16-3-1-10-26-15-16/h1-8,10-11,15,20H,9,12-14H2. The number of rotatable bonds is 4. The van der Waals surface area contributed by atoms with Crippen molar-refractivity contribution in [1.29, 1.82) is 0 Å². The summed E-state index contributed by atoms with van der Waals surface area (Å²) >= 11 is 6.14. The molecule has 5 rings (SSSR count). The number of fused-ring (bicyclic) bond motifs is 2. The fourth-order valence-electron chi connectivity index (χ4n) is 5.01. The van der Waals surface area contributed by atoms with Gasteiger partial charge in [-0.1, -0.05) is 29.8 Å². The summed E-state index contributed by atoms with van der Waals surface area (Å²) in [6.07, 6.45) is 6.57. The number of nitrogens with zero attached hydrogens (tertiary/aromatic N) is 3. The van der Waals surface area contributed by atoms with Crippen LogP contribution in [0, 0.1) is 5.92 Å². The summed E-state index contributed by atoms with van der Waals surface area (Å²) in [5.74, 6) is -0.262. The van der Waals surface area contributed by atoms with Crippen LogP contribution in [0.15, 0.2) is 67.1 Å². The van der Waals surface area contributed by atoms with Crippen LogP contribution in [0.3, 0.4) is 0 Å². The van der Waals surface area contributed by atoms with E-state index in [1.54, 1.807) is 24.7 Å². The molecule has 0 radical (unpaired) electrons. The molecule has 1 fully saturated rings. The van der Waals surface area contributed by atoms with Crippen LogP contribution < -0.4 is 0 Å². The van der Waals surface area contributed by atoms with Crippen LogP contribution in [0.5, 0.6) is 0 Å². The summed E-state index contributed by atoms with van der Waals surface area (Å²) in [7, 11) is 0. The Morgan fingerprint density at radius 3 is 2.70 bits per heavy atom. The van der Waals surface area contributed by atoms with Crippen LogP contribution in [0.25, 0.3) is 0 Å². The summed E-state index contributed by atoms with van der Waals surface area (Å²) in [5.41, 5.74) is 2.44. The number of hydrogen-bond donors (Lipinski definition) is 0. The molecule has 0 aliphatic carbocycles. The second-order valence-electron chi connectivity index (χ2n) is 7.91. The molecule has 150 valence electrons. The number of hydrogen-bond acceptors (Lipinski definition) is 4. The number of halogens is 1. The third-order valence-corrected chi connectivity index (χ3v) is 6.59. The Morgan fingerprint density at radius 2 is 1.93 bits per heavy atom. The SMILES string of the molecule is O=C(Cc1cccnc1)C1CCN2C(=O)c3cccnc3CC12c1ccc(Cl)cc1. The molecule has 3 aromatic rings. The van der Waals surface area contributed by atoms with Crippen LogP contribution in [-0.2, 0) is 23.2 Å². The van der Waals surface area contributed by atoms with Crippen LogP contribution in [-0.4, -0.2) is 33.1 Å². The summed E-state index contributed by atoms with van der Waals surface area (Å²) in [6, 6.07) is 14.9. The third-order valence-electron chi connectivity index (χ3n) is 6.34. The molecule has 0 saturated carbocycles. The number of pyridine rings is 2. The molecule has 0 N–H and O–H groups in total. The van der Waals surface area contributed by atoms with E-state index in [0.29, 0.717) is 36.4 Å². The highest BCUT2D eigenvalue weighted by Gasteiger charge is 2.57. The molecule has 2 atom stereocenters. The zero-order valence-corrected chi connectivity index (χ0v) is 17.0. The normalized spacial score (nSPS) is 22.5. The van der Waals surface area contributed by atoms with E-state index >= 15 is 0 Å². The van der Waals surface area contributed by atoms with Crippen LogP contribution in [0.2, 0.25) is 5.02 Å². The molecule has 2 aromatic heterocycles. The van der Waals surface area contributed by atoms with Gasteiger partial charge in [-0.15, -0.1) is 0 Å². The minimum absolute atomic E-state index is 0.0593. The second-order valence-corrected chi connectivity index (χ2v) is 8.34. The van der Waals surface area contributed by atoms with Crippen molar-refractivity contribution in [2.24, 2.45) is 5.92 Å². The molecule has 2 unspecified atom stereocenters. The largest absolute Gasteiger partial charge is 0.328 e. The third kappa shape index (κ3) is 2.92. The Bertz CT molecular complexity index is 1120. The number of aromatic nitrogens is 2. The monoisotopic (exact) mass is 417 g/mol. The minimum Gasteiger partial charge on any atom is -0.328 e. The number of amides is 1. The van der Waals surface area contributed by atoms with Crippen molar-refractivity contribution in [2.75, 3.05) is 6.54 Å². The molecule has 0 bridgehead atoms. The summed E-state index contributed by atoms with van der Waals surface area (Å²) in [5, 5.41) is 0.624. The number of carbonyl (C=O) groups excluding carboxylic acids is 2. The van der Waals surface area contributed by atoms with Gasteiger partial charge in [0.25, 0.3) is 5.91 Å². The van der Waals surface area contributed by atoms with Gasteiger partial charge in [-0.2, -0.15) is 0 Å². The lowest BCUT2D eigenvalue weighted by Gasteiger charge is -2.45. The van der Waals surface area contributed by atoms with Crippen molar-refractivity contribution in [1.82, 2.24) is 14.9 Å². The number of Topliss-reactive ketones (excluding diaryl/α,β-unsaturated/α-hetero) is 1. The zero-order valence-electron chi connectivity index (χ0n) is 16.3. The minimum atomic E-state index is -0.748. The number of benzene rings is 1. The van der Waals surface area contributed by atoms with Crippen molar-refractivity contribution >= 4 is 23.3 Å². The van der Waals surface area contributed by atoms with Crippen molar-refractivity contribution in [2.45, 2.75) is 24.8 Å². The maximum Gasteiger partial charge on any atom is 0.256 e. The van der Waals surface area contributed by atoms with Crippen LogP contribution >= 0.6 is 11.6 Å². The summed E-state index contributed by atoms with van der Waals surface area (Å²) in [6.45, 7) is 0.541. The van der Waals surface area contributed by atoms with E-state index in [1.807, 2.05) is 47.4 Å². The topological polar surface area (TPSA) is 63.2 Å². The molecule has 4 heterocycles. The molecule has 6 heteroatoms. The molecule has 1 aromatic carbocycles. The lowest BCUT2D eigenvalue weighted by molar-refractivity contribution is -0.125. The number of carbonyl (C=O) groups is 2. The van der Waals surface area contributed by atoms with E-state index in [9.17, 15) is 9.59 Å². The van der Waals surface area contributed by atoms with E-state index in [1.165, 1.54) is 0 Å². The Balaban J connectivity index is 1.62. The highest BCUT2D eigenvalue weighted by molar-refractivity contribution is 6.30. The van der Waals surface area contributed by atoms with Crippen molar-refractivity contribution in [3.05, 3.63) is 94.5 Å². The fraction of sp³-hybridized carbons (Fsp3) is 0.250. The fourth-order valence-corrected chi connectivity index (χ4v) is 5.14. The Hall–Kier alpha value is -3.05. The molecule has 1 saturated heterocycles. The van der Waals surface area contributed by atoms with Gasteiger partial charge in [-0.3, -0.25) is 19.6 Å². The second kappa shape index (κ2) is 7.33. The van der Waals surface area contributed by atoms with E-state index in [2.05, 4.69) is 9.97 Å². The van der Waals surface area contributed by atoms with E-state index in [4.69, 9.17) is 11.6 Å². The first-order chi connectivity index (χ1) is 14.6. The molecular formula is C24H20ClN3O2. The van der Waals surface area contributed by atoms with Crippen molar-refractivity contribution in [3.63, 3.8) is 0 Å². The molecule has 2 aliphatic rings. The Kier molecular flexibility index (Phi) is 4.63. The van der Waals surface area contributed by atoms with Gasteiger partial charge in [0.1, 0.15) is 5.78 Å². The summed E-state index contributed by atoms with van der Waals surface area (Å²) in [4.78, 5) is 37.4. The van der Waals surface area contributed by atoms with Gasteiger partial charge in [-0.25, -0.2) is 0 Å². The quantitative estimate of drug-likeness (QED) is 0.646. The smallest absolute Gasteiger partial charge is 0.256 e. The van der Waals surface area contributed by atoms with Gasteiger partial charge in [0.2, 0.25) is 0 Å². The lowest BCUT2D eigenvalue weighted by atomic mass is 9.70. The van der Waals surface area contributed by atoms with Gasteiger partial charge < -0.3 is 4.90 Å². The molecule has 30 heavy (non-hydrogen) atoms. The average molecular weight is 418 g/mol. The molecule has 2 aliphatic heterocycles. The first-order valence-electron chi connectivity index (χ1n) is 10.0. The van der Waals surface area contributed by atoms with Gasteiger partial charge in [0.15, 0.2) is 0 Å². The molecule has 0 spiro atoms. The lowest BCUT2D eigenvalue weighted by Crippen LogP contribution is -2.55. The highest BCUT2D eigenvalue weighted by atomic mass is 35.5. The molecule has 5 nitrogen and oxygen atoms in total. The van der Waals surface area contributed by atoms with Crippen molar-refractivity contribution < 1.29 is 9.59 Å². The van der Waals surface area contributed by atoms with Gasteiger partial charge >= 0.3 is 0 Å². The van der Waals surface area contributed by atoms with Crippen molar-refractivity contribution in [3.8, 4) is 0 Å². The van der Waals surface area contributed by atoms with Crippen LogP contribution in [0.1, 0.15) is 33.6 Å². The Labute approximate surface area is 179 Å². The van der Waals surface area contributed by atoms with Crippen LogP contribution in [0.4, 0.5) is 0 Å². The maximum absolute atomic E-state index is 13.5. The van der Waals surface area contributed by atoms with Gasteiger partial charge in [-0.05, 0) is 47.9 Å². The average Bonchev–Trinajstić information content (AvgIpc) is 3.16. The summed E-state index contributed by atoms with van der Waals surface area (Å²) < 4.78 is 0. The maximum atomic E-state index is 13.5.